The van der Waals surface area contributed by atoms with E-state index in [1.807, 2.05) is 48.5 Å². The average Bonchev–Trinajstić information content (AvgIpc) is 2.53. The Balaban J connectivity index is 2.17. The lowest BCUT2D eigenvalue weighted by molar-refractivity contribution is 0.454. The summed E-state index contributed by atoms with van der Waals surface area (Å²) in [6.45, 7) is 2.16. The smallest absolute Gasteiger partial charge is 0.178 e. The second kappa shape index (κ2) is 8.60. The van der Waals surface area contributed by atoms with Crippen molar-refractivity contribution in [3.05, 3.63) is 66.2 Å². The molecule has 0 unspecified atom stereocenters. The van der Waals surface area contributed by atoms with Gasteiger partial charge in [-0.2, -0.15) is 0 Å². The van der Waals surface area contributed by atoms with E-state index in [9.17, 15) is 0 Å². The SMILES string of the molecule is CCCCC#C/C(=C/c1cccnc1)Oc1ccccc1. The number of rotatable bonds is 5. The van der Waals surface area contributed by atoms with Gasteiger partial charge < -0.3 is 4.74 Å². The van der Waals surface area contributed by atoms with Crippen LogP contribution in [0.5, 0.6) is 5.75 Å². The standard InChI is InChI=1S/C19H19NO/c1-2-3-4-6-13-19(15-17-10-9-14-20-16-17)21-18-11-7-5-8-12-18/h5,7-12,14-16H,2-4H2,1H3/b19-15-. The number of para-hydroxylation sites is 1. The first-order valence-electron chi connectivity index (χ1n) is 7.22. The molecule has 0 aliphatic heterocycles. The maximum Gasteiger partial charge on any atom is 0.178 e. The van der Waals surface area contributed by atoms with E-state index in [0.29, 0.717) is 5.76 Å². The van der Waals surface area contributed by atoms with Crippen LogP contribution >= 0.6 is 0 Å². The maximum atomic E-state index is 5.86. The summed E-state index contributed by atoms with van der Waals surface area (Å²) >= 11 is 0. The van der Waals surface area contributed by atoms with Gasteiger partial charge >= 0.3 is 0 Å². The lowest BCUT2D eigenvalue weighted by Gasteiger charge is -2.04. The molecule has 0 spiro atoms. The molecule has 0 bridgehead atoms. The van der Waals surface area contributed by atoms with Crippen molar-refractivity contribution in [1.82, 2.24) is 4.98 Å². The van der Waals surface area contributed by atoms with Crippen LogP contribution in [-0.2, 0) is 0 Å². The van der Waals surface area contributed by atoms with Gasteiger partial charge in [0.15, 0.2) is 5.76 Å². The molecule has 1 aromatic carbocycles. The van der Waals surface area contributed by atoms with Gasteiger partial charge in [0.25, 0.3) is 0 Å². The van der Waals surface area contributed by atoms with Crippen LogP contribution in [0.4, 0.5) is 0 Å². The number of unbranched alkanes of at least 4 members (excludes halogenated alkanes) is 2. The molecule has 0 aliphatic carbocycles. The lowest BCUT2D eigenvalue weighted by Crippen LogP contribution is -1.93. The van der Waals surface area contributed by atoms with Gasteiger partial charge in [-0.1, -0.05) is 43.5 Å². The second-order valence-corrected chi connectivity index (χ2v) is 4.62. The Morgan fingerprint density at radius 2 is 2.05 bits per heavy atom. The van der Waals surface area contributed by atoms with E-state index in [1.165, 1.54) is 0 Å². The first-order valence-corrected chi connectivity index (χ1v) is 7.22. The zero-order chi connectivity index (χ0) is 14.8. The molecule has 0 saturated carbocycles. The number of hydrogen-bond acceptors (Lipinski definition) is 2. The number of nitrogens with zero attached hydrogens (tertiary/aromatic N) is 1. The van der Waals surface area contributed by atoms with Crippen molar-refractivity contribution in [2.24, 2.45) is 0 Å². The van der Waals surface area contributed by atoms with Crippen LogP contribution in [0, 0.1) is 11.8 Å². The van der Waals surface area contributed by atoms with Crippen molar-refractivity contribution in [3.8, 4) is 17.6 Å². The van der Waals surface area contributed by atoms with Gasteiger partial charge in [-0.3, -0.25) is 4.98 Å². The van der Waals surface area contributed by atoms with E-state index >= 15 is 0 Å². The van der Waals surface area contributed by atoms with Crippen molar-refractivity contribution < 1.29 is 4.74 Å². The quantitative estimate of drug-likeness (QED) is 0.449. The molecule has 0 N–H and O–H groups in total. The van der Waals surface area contributed by atoms with Crippen LogP contribution in [0.2, 0.25) is 0 Å². The van der Waals surface area contributed by atoms with Gasteiger partial charge in [0, 0.05) is 18.8 Å². The van der Waals surface area contributed by atoms with Crippen LogP contribution in [0.3, 0.4) is 0 Å². The predicted molar refractivity (Wildman–Crippen MR) is 86.6 cm³/mol. The summed E-state index contributed by atoms with van der Waals surface area (Å²) in [6.07, 6.45) is 8.61. The van der Waals surface area contributed by atoms with E-state index < -0.39 is 0 Å². The summed E-state index contributed by atoms with van der Waals surface area (Å²) < 4.78 is 5.86. The minimum Gasteiger partial charge on any atom is -0.448 e. The summed E-state index contributed by atoms with van der Waals surface area (Å²) in [4.78, 5) is 4.11. The maximum absolute atomic E-state index is 5.86. The minimum absolute atomic E-state index is 0.644. The molecule has 0 atom stereocenters. The Morgan fingerprint density at radius 1 is 1.19 bits per heavy atom. The van der Waals surface area contributed by atoms with Gasteiger partial charge in [0.1, 0.15) is 5.75 Å². The van der Waals surface area contributed by atoms with Crippen LogP contribution < -0.4 is 4.74 Å². The van der Waals surface area contributed by atoms with Crippen molar-refractivity contribution in [3.63, 3.8) is 0 Å². The van der Waals surface area contributed by atoms with E-state index in [-0.39, 0.29) is 0 Å². The van der Waals surface area contributed by atoms with Gasteiger partial charge in [0.05, 0.1) is 0 Å². The molecule has 2 aromatic rings. The molecule has 1 heterocycles. The third-order valence-electron chi connectivity index (χ3n) is 2.82. The minimum atomic E-state index is 0.644. The largest absolute Gasteiger partial charge is 0.448 e. The van der Waals surface area contributed by atoms with Crippen LogP contribution in [0.1, 0.15) is 31.7 Å². The Morgan fingerprint density at radius 3 is 2.76 bits per heavy atom. The number of ether oxygens (including phenoxy) is 1. The molecule has 0 amide bonds. The third-order valence-corrected chi connectivity index (χ3v) is 2.82. The van der Waals surface area contributed by atoms with E-state index in [1.54, 1.807) is 12.4 Å². The van der Waals surface area contributed by atoms with Crippen molar-refractivity contribution in [2.45, 2.75) is 26.2 Å². The zero-order valence-electron chi connectivity index (χ0n) is 12.3. The molecule has 1 aromatic heterocycles. The normalized spacial score (nSPS) is 10.6. The number of benzene rings is 1. The average molecular weight is 277 g/mol. The zero-order valence-corrected chi connectivity index (χ0v) is 12.3. The summed E-state index contributed by atoms with van der Waals surface area (Å²) in [6, 6.07) is 13.6. The Kier molecular flexibility index (Phi) is 6.09. The number of pyridine rings is 1. The van der Waals surface area contributed by atoms with Gasteiger partial charge in [0.2, 0.25) is 0 Å². The highest BCUT2D eigenvalue weighted by Crippen LogP contribution is 2.14. The monoisotopic (exact) mass is 277 g/mol. The fourth-order valence-corrected chi connectivity index (χ4v) is 1.73. The van der Waals surface area contributed by atoms with Crippen LogP contribution in [0.15, 0.2) is 60.6 Å². The molecule has 2 rings (SSSR count). The van der Waals surface area contributed by atoms with Gasteiger partial charge in [-0.05, 0) is 42.2 Å². The number of allylic oxidation sites excluding steroid dienone is 1. The summed E-state index contributed by atoms with van der Waals surface area (Å²) in [5.41, 5.74) is 0.980. The fourth-order valence-electron chi connectivity index (χ4n) is 1.73. The van der Waals surface area contributed by atoms with Crippen LogP contribution in [-0.4, -0.2) is 4.98 Å². The molecule has 0 saturated heterocycles. The molecule has 0 aliphatic rings. The highest BCUT2D eigenvalue weighted by molar-refractivity contribution is 5.56. The van der Waals surface area contributed by atoms with E-state index in [4.69, 9.17) is 4.74 Å². The summed E-state index contributed by atoms with van der Waals surface area (Å²) in [5, 5.41) is 0. The Bertz CT molecular complexity index is 621. The topological polar surface area (TPSA) is 22.1 Å². The number of hydrogen-bond donors (Lipinski definition) is 0. The van der Waals surface area contributed by atoms with Gasteiger partial charge in [-0.25, -0.2) is 0 Å². The molecular weight excluding hydrogens is 258 g/mol. The Hall–Kier alpha value is -2.53. The molecule has 21 heavy (non-hydrogen) atoms. The van der Waals surface area contributed by atoms with Crippen molar-refractivity contribution >= 4 is 6.08 Å². The Labute approximate surface area is 126 Å². The second-order valence-electron chi connectivity index (χ2n) is 4.62. The highest BCUT2D eigenvalue weighted by atomic mass is 16.5. The highest BCUT2D eigenvalue weighted by Gasteiger charge is 1.98. The number of aromatic nitrogens is 1. The summed E-state index contributed by atoms with van der Waals surface area (Å²) in [5.74, 6) is 7.71. The van der Waals surface area contributed by atoms with Crippen LogP contribution in [0.25, 0.3) is 6.08 Å². The lowest BCUT2D eigenvalue weighted by atomic mass is 10.2. The predicted octanol–water partition coefficient (Wildman–Crippen LogP) is 4.70. The van der Waals surface area contributed by atoms with Gasteiger partial charge in [-0.15, -0.1) is 0 Å². The van der Waals surface area contributed by atoms with E-state index in [0.717, 1.165) is 30.6 Å². The first-order chi connectivity index (χ1) is 10.4. The molecule has 2 nitrogen and oxygen atoms in total. The van der Waals surface area contributed by atoms with Crippen molar-refractivity contribution in [2.75, 3.05) is 0 Å². The summed E-state index contributed by atoms with van der Waals surface area (Å²) in [7, 11) is 0. The molecule has 2 heteroatoms. The fraction of sp³-hybridized carbons (Fsp3) is 0.211. The van der Waals surface area contributed by atoms with E-state index in [2.05, 4.69) is 23.7 Å². The van der Waals surface area contributed by atoms with Crippen molar-refractivity contribution in [1.29, 1.82) is 0 Å². The third kappa shape index (κ3) is 5.54. The first kappa shape index (κ1) is 14.9. The molecular formula is C19H19NO. The molecule has 106 valence electrons. The molecule has 0 radical (unpaired) electrons. The molecule has 0 fully saturated rings.